The Bertz CT molecular complexity index is 1110. The van der Waals surface area contributed by atoms with Gasteiger partial charge in [0.2, 0.25) is 11.9 Å². The second-order valence-corrected chi connectivity index (χ2v) is 9.59. The number of ketones is 1. The summed E-state index contributed by atoms with van der Waals surface area (Å²) in [7, 11) is 0. The number of aromatic nitrogens is 3. The predicted octanol–water partition coefficient (Wildman–Crippen LogP) is 4.57. The van der Waals surface area contributed by atoms with Crippen molar-refractivity contribution in [3.05, 3.63) is 47.9 Å². The number of anilines is 2. The van der Waals surface area contributed by atoms with Gasteiger partial charge < -0.3 is 14.6 Å². The molecular weight excluding hydrogens is 458 g/mol. The number of carbonyl (C=O) groups excluding carboxylic acids is 2. The Balaban J connectivity index is 1.51. The molecule has 1 aliphatic rings. The van der Waals surface area contributed by atoms with Gasteiger partial charge in [0.1, 0.15) is 5.76 Å². The fourth-order valence-electron chi connectivity index (χ4n) is 3.78. The molecule has 0 radical (unpaired) electrons. The Kier molecular flexibility index (Phi) is 7.77. The van der Waals surface area contributed by atoms with Gasteiger partial charge in [-0.15, -0.1) is 22.0 Å². The molecule has 33 heavy (non-hydrogen) atoms. The van der Waals surface area contributed by atoms with Crippen molar-refractivity contribution in [2.75, 3.05) is 35.3 Å². The van der Waals surface area contributed by atoms with E-state index < -0.39 is 0 Å². The molecule has 4 rings (SSSR count). The SMILES string of the molecule is CSc1cc(C(=O)CSc2nnc(N3CCCCC3)n2Cc2ccco2)ccc1NC(C)=O. The maximum Gasteiger partial charge on any atom is 0.228 e. The highest BCUT2D eigenvalue weighted by atomic mass is 32.2. The molecule has 1 aliphatic heterocycles. The van der Waals surface area contributed by atoms with Gasteiger partial charge in [0.25, 0.3) is 0 Å². The number of amides is 1. The molecule has 1 saturated heterocycles. The van der Waals surface area contributed by atoms with Gasteiger partial charge >= 0.3 is 0 Å². The number of piperidine rings is 1. The summed E-state index contributed by atoms with van der Waals surface area (Å²) in [5.74, 6) is 1.74. The predicted molar refractivity (Wildman–Crippen MR) is 131 cm³/mol. The van der Waals surface area contributed by atoms with E-state index in [0.717, 1.165) is 42.5 Å². The number of Topliss-reactive ketones (excluding diaryl/α,β-unsaturated/α-hetero) is 1. The van der Waals surface area contributed by atoms with E-state index in [0.29, 0.717) is 23.0 Å². The molecule has 0 atom stereocenters. The zero-order valence-corrected chi connectivity index (χ0v) is 20.4. The van der Waals surface area contributed by atoms with E-state index in [1.54, 1.807) is 18.4 Å². The summed E-state index contributed by atoms with van der Waals surface area (Å²) < 4.78 is 7.60. The molecular formula is C23H27N5O3S2. The number of benzene rings is 1. The van der Waals surface area contributed by atoms with E-state index in [-0.39, 0.29) is 17.4 Å². The minimum atomic E-state index is -0.139. The molecule has 3 heterocycles. The number of hydrogen-bond acceptors (Lipinski definition) is 8. The summed E-state index contributed by atoms with van der Waals surface area (Å²) in [5, 5.41) is 12.4. The monoisotopic (exact) mass is 485 g/mol. The summed E-state index contributed by atoms with van der Waals surface area (Å²) in [5.41, 5.74) is 1.32. The maximum atomic E-state index is 13.0. The molecule has 2 aromatic heterocycles. The summed E-state index contributed by atoms with van der Waals surface area (Å²) in [6.45, 7) is 3.90. The minimum Gasteiger partial charge on any atom is -0.467 e. The zero-order chi connectivity index (χ0) is 23.2. The van der Waals surface area contributed by atoms with Gasteiger partial charge in [0, 0.05) is 30.5 Å². The Labute approximate surface area is 201 Å². The highest BCUT2D eigenvalue weighted by Gasteiger charge is 2.22. The van der Waals surface area contributed by atoms with Crippen LogP contribution in [0.15, 0.2) is 51.1 Å². The number of nitrogens with one attached hydrogen (secondary N) is 1. The highest BCUT2D eigenvalue weighted by Crippen LogP contribution is 2.29. The van der Waals surface area contributed by atoms with Crippen molar-refractivity contribution < 1.29 is 14.0 Å². The Hall–Kier alpha value is -2.72. The molecule has 1 N–H and O–H groups in total. The summed E-state index contributed by atoms with van der Waals surface area (Å²) in [6.07, 6.45) is 7.09. The lowest BCUT2D eigenvalue weighted by Crippen LogP contribution is -2.32. The maximum absolute atomic E-state index is 13.0. The molecule has 0 aliphatic carbocycles. The van der Waals surface area contributed by atoms with E-state index in [1.807, 2.05) is 29.0 Å². The largest absolute Gasteiger partial charge is 0.467 e. The lowest BCUT2D eigenvalue weighted by atomic mass is 10.1. The Morgan fingerprint density at radius 1 is 1.15 bits per heavy atom. The van der Waals surface area contributed by atoms with Crippen molar-refractivity contribution in [2.45, 2.75) is 42.8 Å². The van der Waals surface area contributed by atoms with Gasteiger partial charge in [-0.2, -0.15) is 0 Å². The third kappa shape index (κ3) is 5.80. The van der Waals surface area contributed by atoms with E-state index in [4.69, 9.17) is 4.42 Å². The van der Waals surface area contributed by atoms with E-state index in [9.17, 15) is 9.59 Å². The fourth-order valence-corrected chi connectivity index (χ4v) is 5.19. The van der Waals surface area contributed by atoms with Crippen LogP contribution >= 0.6 is 23.5 Å². The van der Waals surface area contributed by atoms with Crippen molar-refractivity contribution >= 4 is 46.8 Å². The van der Waals surface area contributed by atoms with Crippen LogP contribution in [0.25, 0.3) is 0 Å². The fraction of sp³-hybridized carbons (Fsp3) is 0.391. The van der Waals surface area contributed by atoms with E-state index in [2.05, 4.69) is 20.4 Å². The van der Waals surface area contributed by atoms with Gasteiger partial charge in [-0.05, 0) is 55.9 Å². The van der Waals surface area contributed by atoms with Gasteiger partial charge in [-0.25, -0.2) is 0 Å². The summed E-state index contributed by atoms with van der Waals surface area (Å²) >= 11 is 2.87. The third-order valence-corrected chi connectivity index (χ3v) is 7.14. The first-order chi connectivity index (χ1) is 16.0. The second kappa shape index (κ2) is 10.9. The first-order valence-electron chi connectivity index (χ1n) is 10.9. The van der Waals surface area contributed by atoms with Crippen molar-refractivity contribution in [2.24, 2.45) is 0 Å². The zero-order valence-electron chi connectivity index (χ0n) is 18.7. The molecule has 0 spiro atoms. The number of hydrogen-bond donors (Lipinski definition) is 1. The van der Waals surface area contributed by atoms with Crippen LogP contribution in [0.1, 0.15) is 42.3 Å². The molecule has 0 bridgehead atoms. The van der Waals surface area contributed by atoms with Crippen LogP contribution in [-0.4, -0.2) is 51.6 Å². The lowest BCUT2D eigenvalue weighted by molar-refractivity contribution is -0.114. The quantitative estimate of drug-likeness (QED) is 0.348. The van der Waals surface area contributed by atoms with Crippen LogP contribution in [0.3, 0.4) is 0 Å². The van der Waals surface area contributed by atoms with Crippen molar-refractivity contribution in [1.29, 1.82) is 0 Å². The summed E-state index contributed by atoms with van der Waals surface area (Å²) in [4.78, 5) is 27.5. The van der Waals surface area contributed by atoms with Gasteiger partial charge in [0.05, 0.1) is 24.2 Å². The molecule has 10 heteroatoms. The second-order valence-electron chi connectivity index (χ2n) is 7.80. The van der Waals surface area contributed by atoms with Crippen molar-refractivity contribution in [3.8, 4) is 0 Å². The molecule has 1 aromatic carbocycles. The first-order valence-corrected chi connectivity index (χ1v) is 13.1. The molecule has 0 saturated carbocycles. The molecule has 1 fully saturated rings. The smallest absolute Gasteiger partial charge is 0.228 e. The topological polar surface area (TPSA) is 93.3 Å². The van der Waals surface area contributed by atoms with Crippen LogP contribution in [0, 0.1) is 0 Å². The Morgan fingerprint density at radius 2 is 1.97 bits per heavy atom. The van der Waals surface area contributed by atoms with Crippen LogP contribution in [0.2, 0.25) is 0 Å². The average Bonchev–Trinajstić information content (AvgIpc) is 3.48. The number of rotatable bonds is 9. The number of carbonyl (C=O) groups is 2. The van der Waals surface area contributed by atoms with Crippen molar-refractivity contribution in [1.82, 2.24) is 14.8 Å². The van der Waals surface area contributed by atoms with Crippen molar-refractivity contribution in [3.63, 3.8) is 0 Å². The standard InChI is InChI=1S/C23H27N5O3S2/c1-16(29)24-19-9-8-17(13-21(19)32-2)20(30)15-33-23-26-25-22(27-10-4-3-5-11-27)28(23)14-18-7-6-12-31-18/h6-9,12-13H,3-5,10-11,14-15H2,1-2H3,(H,24,29). The number of furan rings is 1. The molecule has 8 nitrogen and oxygen atoms in total. The number of nitrogens with zero attached hydrogens (tertiary/aromatic N) is 4. The lowest BCUT2D eigenvalue weighted by Gasteiger charge is -2.27. The normalized spacial score (nSPS) is 13.8. The van der Waals surface area contributed by atoms with Gasteiger partial charge in [-0.1, -0.05) is 11.8 Å². The molecule has 174 valence electrons. The third-order valence-electron chi connectivity index (χ3n) is 5.40. The molecule has 0 unspecified atom stereocenters. The van der Waals surface area contributed by atoms with Crippen LogP contribution in [0.5, 0.6) is 0 Å². The van der Waals surface area contributed by atoms with Crippen LogP contribution < -0.4 is 10.2 Å². The number of thioether (sulfide) groups is 2. The van der Waals surface area contributed by atoms with E-state index >= 15 is 0 Å². The van der Waals surface area contributed by atoms with Gasteiger partial charge in [0.15, 0.2) is 10.9 Å². The van der Waals surface area contributed by atoms with E-state index in [1.165, 1.54) is 36.9 Å². The highest BCUT2D eigenvalue weighted by molar-refractivity contribution is 7.99. The Morgan fingerprint density at radius 3 is 2.67 bits per heavy atom. The summed E-state index contributed by atoms with van der Waals surface area (Å²) in [6, 6.07) is 9.15. The van der Waals surface area contributed by atoms with Gasteiger partial charge in [-0.3, -0.25) is 14.2 Å². The minimum absolute atomic E-state index is 0.00301. The first kappa shape index (κ1) is 23.4. The van der Waals surface area contributed by atoms with Crippen LogP contribution in [-0.2, 0) is 11.3 Å². The average molecular weight is 486 g/mol. The van der Waals surface area contributed by atoms with Crippen LogP contribution in [0.4, 0.5) is 11.6 Å². The molecule has 3 aromatic rings. The molecule has 1 amide bonds.